The second-order valence-corrected chi connectivity index (χ2v) is 6.27. The van der Waals surface area contributed by atoms with Crippen LogP contribution in [-0.2, 0) is 4.79 Å². The highest BCUT2D eigenvalue weighted by molar-refractivity contribution is 5.79. The molecule has 1 aliphatic carbocycles. The largest absolute Gasteiger partial charge is 0.341 e. The van der Waals surface area contributed by atoms with Gasteiger partial charge in [0.2, 0.25) is 5.91 Å². The van der Waals surface area contributed by atoms with Crippen LogP contribution >= 0.6 is 0 Å². The number of rotatable bonds is 5. The molecule has 0 spiro atoms. The number of amides is 1. The highest BCUT2D eigenvalue weighted by Gasteiger charge is 2.27. The first-order valence-electron chi connectivity index (χ1n) is 8.33. The molecule has 3 heteroatoms. The normalized spacial score (nSPS) is 25.2. The van der Waals surface area contributed by atoms with E-state index in [4.69, 9.17) is 0 Å². The van der Waals surface area contributed by atoms with Crippen molar-refractivity contribution >= 4 is 5.91 Å². The highest BCUT2D eigenvalue weighted by Crippen LogP contribution is 2.25. The molecule has 3 nitrogen and oxygen atoms in total. The molecule has 2 aliphatic rings. The number of carbonyl (C=O) groups excluding carboxylic acids is 1. The van der Waals surface area contributed by atoms with Crippen LogP contribution in [0.2, 0.25) is 0 Å². The maximum Gasteiger partial charge on any atom is 0.225 e. The first-order valence-corrected chi connectivity index (χ1v) is 8.33. The van der Waals surface area contributed by atoms with Crippen molar-refractivity contribution in [1.29, 1.82) is 0 Å². The fourth-order valence-corrected chi connectivity index (χ4v) is 3.51. The maximum atomic E-state index is 12.7. The Hall–Kier alpha value is -0.570. The highest BCUT2D eigenvalue weighted by atomic mass is 16.2. The van der Waals surface area contributed by atoms with Crippen molar-refractivity contribution in [3.8, 4) is 0 Å². The SMILES string of the molecule is CCCN(CC1CCCCN1)C(=O)C1CCCCC1. The molecule has 0 aromatic carbocycles. The Morgan fingerprint density at radius 3 is 2.47 bits per heavy atom. The summed E-state index contributed by atoms with van der Waals surface area (Å²) in [7, 11) is 0. The summed E-state index contributed by atoms with van der Waals surface area (Å²) in [6.07, 6.45) is 11.0. The van der Waals surface area contributed by atoms with E-state index in [1.807, 2.05) is 0 Å². The van der Waals surface area contributed by atoms with Gasteiger partial charge in [0, 0.05) is 25.0 Å². The third-order valence-corrected chi connectivity index (χ3v) is 4.61. The third-order valence-electron chi connectivity index (χ3n) is 4.61. The summed E-state index contributed by atoms with van der Waals surface area (Å²) in [6, 6.07) is 0.535. The van der Waals surface area contributed by atoms with Crippen molar-refractivity contribution in [1.82, 2.24) is 10.2 Å². The summed E-state index contributed by atoms with van der Waals surface area (Å²) < 4.78 is 0. The van der Waals surface area contributed by atoms with Gasteiger partial charge in [-0.05, 0) is 38.6 Å². The van der Waals surface area contributed by atoms with E-state index in [0.29, 0.717) is 17.9 Å². The molecule has 0 aromatic rings. The first-order chi connectivity index (χ1) is 9.31. The number of piperidine rings is 1. The first kappa shape index (κ1) is 14.8. The van der Waals surface area contributed by atoms with Crippen LogP contribution in [0.25, 0.3) is 0 Å². The minimum Gasteiger partial charge on any atom is -0.341 e. The van der Waals surface area contributed by atoms with E-state index in [-0.39, 0.29) is 0 Å². The summed E-state index contributed by atoms with van der Waals surface area (Å²) in [4.78, 5) is 14.8. The molecule has 2 rings (SSSR count). The fourth-order valence-electron chi connectivity index (χ4n) is 3.51. The molecular weight excluding hydrogens is 236 g/mol. The summed E-state index contributed by atoms with van der Waals surface area (Å²) in [5.41, 5.74) is 0. The molecule has 1 amide bonds. The number of hydrogen-bond donors (Lipinski definition) is 1. The molecule has 1 unspecified atom stereocenters. The Kier molecular flexibility index (Phi) is 6.15. The molecule has 0 bridgehead atoms. The fraction of sp³-hybridized carbons (Fsp3) is 0.938. The average molecular weight is 266 g/mol. The predicted molar refractivity (Wildman–Crippen MR) is 79.1 cm³/mol. The molecule has 0 aromatic heterocycles. The van der Waals surface area contributed by atoms with Gasteiger partial charge in [-0.15, -0.1) is 0 Å². The van der Waals surface area contributed by atoms with Crippen LogP contribution < -0.4 is 5.32 Å². The summed E-state index contributed by atoms with van der Waals surface area (Å²) in [5, 5.41) is 3.57. The van der Waals surface area contributed by atoms with Gasteiger partial charge in [-0.1, -0.05) is 32.6 Å². The van der Waals surface area contributed by atoms with Gasteiger partial charge in [0.15, 0.2) is 0 Å². The van der Waals surface area contributed by atoms with Crippen molar-refractivity contribution in [3.05, 3.63) is 0 Å². The zero-order valence-corrected chi connectivity index (χ0v) is 12.5. The van der Waals surface area contributed by atoms with Crippen LogP contribution in [0, 0.1) is 5.92 Å². The van der Waals surface area contributed by atoms with Gasteiger partial charge in [-0.2, -0.15) is 0 Å². The van der Waals surface area contributed by atoms with E-state index in [1.165, 1.54) is 38.5 Å². The zero-order chi connectivity index (χ0) is 13.5. The lowest BCUT2D eigenvalue weighted by molar-refractivity contribution is -0.137. The van der Waals surface area contributed by atoms with Gasteiger partial charge in [0.25, 0.3) is 0 Å². The van der Waals surface area contributed by atoms with Gasteiger partial charge in [-0.3, -0.25) is 4.79 Å². The molecule has 1 aliphatic heterocycles. The molecule has 19 heavy (non-hydrogen) atoms. The lowest BCUT2D eigenvalue weighted by atomic mass is 9.88. The Bertz CT molecular complexity index is 268. The van der Waals surface area contributed by atoms with Crippen molar-refractivity contribution in [2.75, 3.05) is 19.6 Å². The minimum atomic E-state index is 0.323. The number of carbonyl (C=O) groups is 1. The number of nitrogens with zero attached hydrogens (tertiary/aromatic N) is 1. The van der Waals surface area contributed by atoms with Crippen molar-refractivity contribution in [2.24, 2.45) is 5.92 Å². The van der Waals surface area contributed by atoms with E-state index in [0.717, 1.165) is 38.9 Å². The zero-order valence-electron chi connectivity index (χ0n) is 12.5. The van der Waals surface area contributed by atoms with Gasteiger partial charge < -0.3 is 10.2 Å². The molecule has 1 saturated carbocycles. The molecule has 110 valence electrons. The van der Waals surface area contributed by atoms with Crippen LogP contribution in [0.4, 0.5) is 0 Å². The summed E-state index contributed by atoms with van der Waals surface area (Å²) >= 11 is 0. The van der Waals surface area contributed by atoms with Gasteiger partial charge in [-0.25, -0.2) is 0 Å². The Morgan fingerprint density at radius 1 is 1.11 bits per heavy atom. The van der Waals surface area contributed by atoms with Crippen molar-refractivity contribution in [2.45, 2.75) is 70.8 Å². The van der Waals surface area contributed by atoms with E-state index in [1.54, 1.807) is 0 Å². The van der Waals surface area contributed by atoms with Crippen LogP contribution in [0.3, 0.4) is 0 Å². The average Bonchev–Trinajstić information content (AvgIpc) is 2.48. The van der Waals surface area contributed by atoms with Gasteiger partial charge in [0.1, 0.15) is 0 Å². The monoisotopic (exact) mass is 266 g/mol. The molecule has 2 fully saturated rings. The quantitative estimate of drug-likeness (QED) is 0.830. The van der Waals surface area contributed by atoms with E-state index >= 15 is 0 Å². The Balaban J connectivity index is 1.87. The van der Waals surface area contributed by atoms with E-state index in [9.17, 15) is 4.79 Å². The lowest BCUT2D eigenvalue weighted by Crippen LogP contribution is -2.47. The second-order valence-electron chi connectivity index (χ2n) is 6.27. The van der Waals surface area contributed by atoms with Crippen LogP contribution in [0.5, 0.6) is 0 Å². The van der Waals surface area contributed by atoms with E-state index < -0.39 is 0 Å². The minimum absolute atomic E-state index is 0.323. The molecule has 1 N–H and O–H groups in total. The molecular formula is C16H30N2O. The number of nitrogens with one attached hydrogen (secondary N) is 1. The molecule has 1 saturated heterocycles. The standard InChI is InChI=1S/C16H30N2O/c1-2-12-18(13-15-10-6-7-11-17-15)16(19)14-8-4-3-5-9-14/h14-15,17H,2-13H2,1H3. The summed E-state index contributed by atoms with van der Waals surface area (Å²) in [6.45, 7) is 5.17. The van der Waals surface area contributed by atoms with Gasteiger partial charge in [0.05, 0.1) is 0 Å². The van der Waals surface area contributed by atoms with Crippen molar-refractivity contribution < 1.29 is 4.79 Å². The number of hydrogen-bond acceptors (Lipinski definition) is 2. The second kappa shape index (κ2) is 7.88. The smallest absolute Gasteiger partial charge is 0.225 e. The molecule has 1 atom stereocenters. The maximum absolute atomic E-state index is 12.7. The van der Waals surface area contributed by atoms with Crippen LogP contribution in [-0.4, -0.2) is 36.5 Å². The lowest BCUT2D eigenvalue weighted by Gasteiger charge is -2.33. The predicted octanol–water partition coefficient (Wildman–Crippen LogP) is 2.95. The summed E-state index contributed by atoms with van der Waals surface area (Å²) in [5.74, 6) is 0.762. The van der Waals surface area contributed by atoms with Gasteiger partial charge >= 0.3 is 0 Å². The third kappa shape index (κ3) is 4.48. The van der Waals surface area contributed by atoms with Crippen molar-refractivity contribution in [3.63, 3.8) is 0 Å². The molecule has 0 radical (unpaired) electrons. The van der Waals surface area contributed by atoms with Crippen LogP contribution in [0.15, 0.2) is 0 Å². The van der Waals surface area contributed by atoms with Crippen LogP contribution in [0.1, 0.15) is 64.7 Å². The Morgan fingerprint density at radius 2 is 1.84 bits per heavy atom. The topological polar surface area (TPSA) is 32.3 Å². The van der Waals surface area contributed by atoms with E-state index in [2.05, 4.69) is 17.1 Å². The molecule has 1 heterocycles. The Labute approximate surface area is 118 Å².